The number of rotatable bonds is 0. The van der Waals surface area contributed by atoms with E-state index in [1.807, 2.05) is 13.0 Å². The SMILES string of the molecule is Cc1c[c-]cnc1.[Y]. The van der Waals surface area contributed by atoms with Crippen LogP contribution < -0.4 is 0 Å². The molecule has 0 unspecified atom stereocenters. The molecule has 0 aliphatic heterocycles. The monoisotopic (exact) mass is 181 g/mol. The first kappa shape index (κ1) is 8.25. The third kappa shape index (κ3) is 2.53. The predicted octanol–water partition coefficient (Wildman–Crippen LogP) is 1.19. The molecule has 39 valence electrons. The van der Waals surface area contributed by atoms with Crippen molar-refractivity contribution in [2.45, 2.75) is 6.92 Å². The molecular formula is C6H6NY-. The van der Waals surface area contributed by atoms with E-state index in [2.05, 4.69) is 11.1 Å². The molecule has 0 aliphatic carbocycles. The van der Waals surface area contributed by atoms with E-state index in [0.29, 0.717) is 0 Å². The van der Waals surface area contributed by atoms with Crippen molar-refractivity contribution in [3.8, 4) is 0 Å². The molecule has 0 spiro atoms. The molecule has 0 aliphatic rings. The van der Waals surface area contributed by atoms with Crippen molar-refractivity contribution >= 4 is 0 Å². The van der Waals surface area contributed by atoms with Crippen LogP contribution in [0.2, 0.25) is 0 Å². The zero-order valence-electron chi connectivity index (χ0n) is 4.76. The smallest absolute Gasteiger partial charge is 0 e. The molecule has 1 radical (unpaired) electrons. The van der Waals surface area contributed by atoms with Crippen LogP contribution in [0.4, 0.5) is 0 Å². The van der Waals surface area contributed by atoms with E-state index in [4.69, 9.17) is 0 Å². The van der Waals surface area contributed by atoms with E-state index in [1.165, 1.54) is 0 Å². The molecule has 1 rings (SSSR count). The summed E-state index contributed by atoms with van der Waals surface area (Å²) in [5, 5.41) is 0. The van der Waals surface area contributed by atoms with Gasteiger partial charge in [0.1, 0.15) is 0 Å². The molecule has 0 atom stereocenters. The Morgan fingerprint density at radius 3 is 2.62 bits per heavy atom. The zero-order valence-corrected chi connectivity index (χ0v) is 7.59. The van der Waals surface area contributed by atoms with Crippen molar-refractivity contribution < 1.29 is 32.7 Å². The Morgan fingerprint density at radius 1 is 1.62 bits per heavy atom. The maximum absolute atomic E-state index is 3.83. The summed E-state index contributed by atoms with van der Waals surface area (Å²) in [5.74, 6) is 0. The standard InChI is InChI=1S/C6H6N.Y/c1-6-3-2-4-7-5-6;/h3-5H,1H3;/q-1;. The molecule has 2 heteroatoms. The number of aromatic nitrogens is 1. The van der Waals surface area contributed by atoms with Crippen LogP contribution in [0, 0.1) is 13.0 Å². The fraction of sp³-hybridized carbons (Fsp3) is 0.167. The second-order valence-corrected chi connectivity index (χ2v) is 1.46. The van der Waals surface area contributed by atoms with Crippen molar-refractivity contribution in [2.24, 2.45) is 0 Å². The molecule has 1 aromatic heterocycles. The quantitative estimate of drug-likeness (QED) is 0.547. The summed E-state index contributed by atoms with van der Waals surface area (Å²) in [7, 11) is 0. The van der Waals surface area contributed by atoms with E-state index in [9.17, 15) is 0 Å². The molecule has 0 saturated heterocycles. The molecule has 0 N–H and O–H groups in total. The third-order valence-electron chi connectivity index (χ3n) is 0.738. The molecule has 0 amide bonds. The topological polar surface area (TPSA) is 12.9 Å². The molecule has 8 heavy (non-hydrogen) atoms. The molecular weight excluding hydrogens is 175 g/mol. The average Bonchev–Trinajstić information content (AvgIpc) is 1.69. The summed E-state index contributed by atoms with van der Waals surface area (Å²) in [6.45, 7) is 1.99. The van der Waals surface area contributed by atoms with E-state index >= 15 is 0 Å². The summed E-state index contributed by atoms with van der Waals surface area (Å²) >= 11 is 0. The predicted molar refractivity (Wildman–Crippen MR) is 27.8 cm³/mol. The van der Waals surface area contributed by atoms with Gasteiger partial charge in [0.25, 0.3) is 0 Å². The fourth-order valence-corrected chi connectivity index (χ4v) is 0.404. The number of hydrogen-bond acceptors (Lipinski definition) is 1. The third-order valence-corrected chi connectivity index (χ3v) is 0.738. The molecule has 1 aromatic rings. The van der Waals surface area contributed by atoms with Gasteiger partial charge in [-0.2, -0.15) is 5.56 Å². The van der Waals surface area contributed by atoms with Gasteiger partial charge in [-0.3, -0.25) is 0 Å². The summed E-state index contributed by atoms with van der Waals surface area (Å²) in [6, 6.07) is 4.75. The number of pyridine rings is 1. The minimum absolute atomic E-state index is 0. The Morgan fingerprint density at radius 2 is 2.38 bits per heavy atom. The van der Waals surface area contributed by atoms with Gasteiger partial charge < -0.3 is 4.98 Å². The van der Waals surface area contributed by atoms with Crippen molar-refractivity contribution in [3.63, 3.8) is 0 Å². The van der Waals surface area contributed by atoms with Gasteiger partial charge in [0.15, 0.2) is 0 Å². The fourth-order valence-electron chi connectivity index (χ4n) is 0.404. The Kier molecular flexibility index (Phi) is 4.30. The Labute approximate surface area is 74.4 Å². The van der Waals surface area contributed by atoms with Gasteiger partial charge in [-0.05, 0) is 0 Å². The molecule has 1 heterocycles. The van der Waals surface area contributed by atoms with E-state index < -0.39 is 0 Å². The summed E-state index contributed by atoms with van der Waals surface area (Å²) in [6.07, 6.45) is 3.45. The van der Waals surface area contributed by atoms with Gasteiger partial charge in [0, 0.05) is 32.7 Å². The minimum Gasteiger partial charge on any atom is -0.304 e. The number of hydrogen-bond donors (Lipinski definition) is 0. The van der Waals surface area contributed by atoms with Crippen molar-refractivity contribution in [1.82, 2.24) is 4.98 Å². The first-order valence-electron chi connectivity index (χ1n) is 2.17. The normalized spacial score (nSPS) is 7.62. The first-order valence-corrected chi connectivity index (χ1v) is 2.17. The average molecular weight is 181 g/mol. The van der Waals surface area contributed by atoms with Gasteiger partial charge in [0.05, 0.1) is 0 Å². The second-order valence-electron chi connectivity index (χ2n) is 1.46. The van der Waals surface area contributed by atoms with Gasteiger partial charge >= 0.3 is 0 Å². The maximum Gasteiger partial charge on any atom is 0 e. The Hall–Kier alpha value is 0.254. The van der Waals surface area contributed by atoms with Gasteiger partial charge in [-0.1, -0.05) is 12.4 Å². The Bertz CT molecular complexity index is 138. The molecule has 0 aromatic carbocycles. The van der Waals surface area contributed by atoms with E-state index in [-0.39, 0.29) is 32.7 Å². The van der Waals surface area contributed by atoms with Crippen molar-refractivity contribution in [2.75, 3.05) is 0 Å². The van der Waals surface area contributed by atoms with Gasteiger partial charge in [-0.25, -0.2) is 12.1 Å². The maximum atomic E-state index is 3.83. The first-order chi connectivity index (χ1) is 3.39. The largest absolute Gasteiger partial charge is 0.304 e. The molecule has 0 saturated carbocycles. The molecule has 0 bridgehead atoms. The van der Waals surface area contributed by atoms with E-state index in [1.54, 1.807) is 12.4 Å². The van der Waals surface area contributed by atoms with Crippen LogP contribution in [0.15, 0.2) is 18.5 Å². The Balaban J connectivity index is 0.000000490. The van der Waals surface area contributed by atoms with Crippen molar-refractivity contribution in [3.05, 3.63) is 30.1 Å². The molecule has 1 nitrogen and oxygen atoms in total. The second kappa shape index (κ2) is 4.16. The van der Waals surface area contributed by atoms with Crippen molar-refractivity contribution in [1.29, 1.82) is 0 Å². The minimum atomic E-state index is 0. The van der Waals surface area contributed by atoms with Gasteiger partial charge in [-0.15, -0.1) is 6.92 Å². The number of nitrogens with zero attached hydrogens (tertiary/aromatic N) is 1. The van der Waals surface area contributed by atoms with Crippen LogP contribution in [0.3, 0.4) is 0 Å². The van der Waals surface area contributed by atoms with Crippen LogP contribution in [0.1, 0.15) is 5.56 Å². The van der Waals surface area contributed by atoms with Gasteiger partial charge in [0.2, 0.25) is 0 Å². The summed E-state index contributed by atoms with van der Waals surface area (Å²) in [5.41, 5.74) is 1.16. The summed E-state index contributed by atoms with van der Waals surface area (Å²) < 4.78 is 0. The summed E-state index contributed by atoms with van der Waals surface area (Å²) in [4.78, 5) is 3.83. The van der Waals surface area contributed by atoms with Crippen LogP contribution in [0.25, 0.3) is 0 Å². The van der Waals surface area contributed by atoms with E-state index in [0.717, 1.165) is 5.56 Å². The zero-order chi connectivity index (χ0) is 5.11. The van der Waals surface area contributed by atoms with Crippen LogP contribution in [-0.2, 0) is 32.7 Å². The number of aryl methyl sites for hydroxylation is 1. The molecule has 0 fully saturated rings. The van der Waals surface area contributed by atoms with Crippen LogP contribution in [-0.4, -0.2) is 4.98 Å². The van der Waals surface area contributed by atoms with Crippen LogP contribution >= 0.6 is 0 Å². The van der Waals surface area contributed by atoms with Crippen LogP contribution in [0.5, 0.6) is 0 Å².